The van der Waals surface area contributed by atoms with Crippen LogP contribution in [-0.2, 0) is 11.2 Å². The van der Waals surface area contributed by atoms with Gasteiger partial charge in [0.1, 0.15) is 11.4 Å². The Morgan fingerprint density at radius 2 is 2.35 bits per heavy atom. The maximum absolute atomic E-state index is 12.4. The van der Waals surface area contributed by atoms with Crippen LogP contribution in [0.1, 0.15) is 16.1 Å². The van der Waals surface area contributed by atoms with Crippen molar-refractivity contribution >= 4 is 5.91 Å². The van der Waals surface area contributed by atoms with Crippen molar-refractivity contribution in [3.63, 3.8) is 0 Å². The molecule has 2 aromatic rings. The van der Waals surface area contributed by atoms with E-state index in [1.807, 2.05) is 24.3 Å². The van der Waals surface area contributed by atoms with Crippen LogP contribution in [-0.4, -0.2) is 53.7 Å². The van der Waals surface area contributed by atoms with E-state index in [9.17, 15) is 4.79 Å². The topological polar surface area (TPSA) is 64.5 Å². The molecule has 1 aliphatic heterocycles. The number of hydrogen-bond donors (Lipinski definition) is 0. The first-order chi connectivity index (χ1) is 11.3. The molecule has 2 heterocycles. The highest BCUT2D eigenvalue weighted by molar-refractivity contribution is 5.92. The van der Waals surface area contributed by atoms with E-state index in [1.54, 1.807) is 18.2 Å². The summed E-state index contributed by atoms with van der Waals surface area (Å²) in [5.74, 6) is 0.725. The zero-order chi connectivity index (χ0) is 16.1. The molecule has 0 spiro atoms. The highest BCUT2D eigenvalue weighted by Gasteiger charge is 2.26. The largest absolute Gasteiger partial charge is 0.497 e. The Morgan fingerprint density at radius 3 is 3.13 bits per heavy atom. The Labute approximate surface area is 135 Å². The second-order valence-electron chi connectivity index (χ2n) is 5.39. The molecule has 0 N–H and O–H groups in total. The molecule has 3 rings (SSSR count). The third-order valence-electron chi connectivity index (χ3n) is 3.81. The lowest BCUT2D eigenvalue weighted by molar-refractivity contribution is -0.0210. The van der Waals surface area contributed by atoms with E-state index in [0.29, 0.717) is 25.4 Å². The second kappa shape index (κ2) is 7.19. The Balaban J connectivity index is 1.65. The van der Waals surface area contributed by atoms with Gasteiger partial charge in [0.15, 0.2) is 0 Å². The zero-order valence-electron chi connectivity index (χ0n) is 13.0. The van der Waals surface area contributed by atoms with E-state index in [4.69, 9.17) is 9.47 Å². The lowest BCUT2D eigenvalue weighted by Gasteiger charge is -2.32. The smallest absolute Gasteiger partial charge is 0.274 e. The van der Waals surface area contributed by atoms with Crippen molar-refractivity contribution in [2.45, 2.75) is 12.5 Å². The molecular weight excluding hydrogens is 294 g/mol. The average Bonchev–Trinajstić information content (AvgIpc) is 2.62. The fourth-order valence-corrected chi connectivity index (χ4v) is 2.66. The zero-order valence-corrected chi connectivity index (χ0v) is 13.0. The normalized spacial score (nSPS) is 17.8. The molecule has 6 nitrogen and oxygen atoms in total. The maximum Gasteiger partial charge on any atom is 0.274 e. The molecule has 1 aromatic carbocycles. The van der Waals surface area contributed by atoms with Crippen LogP contribution < -0.4 is 4.74 Å². The summed E-state index contributed by atoms with van der Waals surface area (Å²) in [6.07, 6.45) is 5.29. The van der Waals surface area contributed by atoms with Gasteiger partial charge in [0.05, 0.1) is 26.0 Å². The van der Waals surface area contributed by atoms with Gasteiger partial charge < -0.3 is 14.4 Å². The van der Waals surface area contributed by atoms with Gasteiger partial charge in [0, 0.05) is 31.9 Å². The SMILES string of the molecule is COc1cccc(CC2CN(C(=O)c3cnccn3)CCO2)c1. The molecule has 1 aliphatic rings. The summed E-state index contributed by atoms with van der Waals surface area (Å²) in [4.78, 5) is 22.2. The molecule has 0 bridgehead atoms. The van der Waals surface area contributed by atoms with Crippen molar-refractivity contribution < 1.29 is 14.3 Å². The molecule has 1 fully saturated rings. The van der Waals surface area contributed by atoms with Crippen molar-refractivity contribution in [1.82, 2.24) is 14.9 Å². The maximum atomic E-state index is 12.4. The standard InChI is InChI=1S/C17H19N3O3/c1-22-14-4-2-3-13(9-14)10-15-12-20(7-8-23-15)17(21)16-11-18-5-6-19-16/h2-6,9,11,15H,7-8,10,12H2,1H3. The molecule has 6 heteroatoms. The fourth-order valence-electron chi connectivity index (χ4n) is 2.66. The van der Waals surface area contributed by atoms with E-state index in [-0.39, 0.29) is 12.0 Å². The van der Waals surface area contributed by atoms with E-state index >= 15 is 0 Å². The molecule has 0 aliphatic carbocycles. The van der Waals surface area contributed by atoms with Crippen LogP contribution in [0.4, 0.5) is 0 Å². The number of carbonyl (C=O) groups is 1. The van der Waals surface area contributed by atoms with Crippen molar-refractivity contribution in [3.05, 3.63) is 54.1 Å². The van der Waals surface area contributed by atoms with E-state index in [2.05, 4.69) is 9.97 Å². The lowest BCUT2D eigenvalue weighted by atomic mass is 10.1. The van der Waals surface area contributed by atoms with E-state index in [0.717, 1.165) is 17.7 Å². The highest BCUT2D eigenvalue weighted by atomic mass is 16.5. The highest BCUT2D eigenvalue weighted by Crippen LogP contribution is 2.17. The number of nitrogens with zero attached hydrogens (tertiary/aromatic N) is 3. The Kier molecular flexibility index (Phi) is 4.83. The number of morpholine rings is 1. The van der Waals surface area contributed by atoms with Crippen LogP contribution in [0, 0.1) is 0 Å². The minimum absolute atomic E-state index is 0.0310. The van der Waals surface area contributed by atoms with Crippen molar-refractivity contribution in [1.29, 1.82) is 0 Å². The number of ether oxygens (including phenoxy) is 2. The Bertz CT molecular complexity index is 663. The molecule has 1 atom stereocenters. The first kappa shape index (κ1) is 15.4. The number of amides is 1. The van der Waals surface area contributed by atoms with E-state index < -0.39 is 0 Å². The predicted molar refractivity (Wildman–Crippen MR) is 84.4 cm³/mol. The summed E-state index contributed by atoms with van der Waals surface area (Å²) in [5.41, 5.74) is 1.50. The Hall–Kier alpha value is -2.47. The quantitative estimate of drug-likeness (QED) is 0.857. The minimum atomic E-state index is -0.1000. The average molecular weight is 313 g/mol. The second-order valence-corrected chi connectivity index (χ2v) is 5.39. The van der Waals surface area contributed by atoms with Gasteiger partial charge in [0.25, 0.3) is 5.91 Å². The minimum Gasteiger partial charge on any atom is -0.497 e. The van der Waals surface area contributed by atoms with Gasteiger partial charge in [-0.2, -0.15) is 0 Å². The van der Waals surface area contributed by atoms with Crippen LogP contribution in [0.2, 0.25) is 0 Å². The van der Waals surface area contributed by atoms with Crippen LogP contribution in [0.25, 0.3) is 0 Å². The first-order valence-corrected chi connectivity index (χ1v) is 7.56. The summed E-state index contributed by atoms with van der Waals surface area (Å²) in [5, 5.41) is 0. The number of methoxy groups -OCH3 is 1. The van der Waals surface area contributed by atoms with Gasteiger partial charge in [-0.3, -0.25) is 9.78 Å². The third-order valence-corrected chi connectivity index (χ3v) is 3.81. The van der Waals surface area contributed by atoms with Gasteiger partial charge in [0.2, 0.25) is 0 Å². The monoisotopic (exact) mass is 313 g/mol. The summed E-state index contributed by atoms with van der Waals surface area (Å²) in [6.45, 7) is 1.65. The number of hydrogen-bond acceptors (Lipinski definition) is 5. The van der Waals surface area contributed by atoms with Crippen molar-refractivity contribution in [2.75, 3.05) is 26.8 Å². The molecule has 1 aromatic heterocycles. The van der Waals surface area contributed by atoms with Gasteiger partial charge in [-0.05, 0) is 17.7 Å². The van der Waals surface area contributed by atoms with Gasteiger partial charge >= 0.3 is 0 Å². The van der Waals surface area contributed by atoms with Crippen LogP contribution in [0.3, 0.4) is 0 Å². The third kappa shape index (κ3) is 3.84. The molecule has 1 unspecified atom stereocenters. The Morgan fingerprint density at radius 1 is 1.43 bits per heavy atom. The summed E-state index contributed by atoms with van der Waals surface area (Å²) in [7, 11) is 1.65. The lowest BCUT2D eigenvalue weighted by Crippen LogP contribution is -2.46. The molecule has 1 saturated heterocycles. The van der Waals surface area contributed by atoms with Gasteiger partial charge in [-0.15, -0.1) is 0 Å². The van der Waals surface area contributed by atoms with Crippen molar-refractivity contribution in [3.8, 4) is 5.75 Å². The molecule has 0 radical (unpaired) electrons. The van der Waals surface area contributed by atoms with E-state index in [1.165, 1.54) is 12.4 Å². The number of carbonyl (C=O) groups excluding carboxylic acids is 1. The summed E-state index contributed by atoms with van der Waals surface area (Å²) >= 11 is 0. The fraction of sp³-hybridized carbons (Fsp3) is 0.353. The van der Waals surface area contributed by atoms with Crippen LogP contribution in [0.5, 0.6) is 5.75 Å². The molecule has 0 saturated carbocycles. The molecule has 23 heavy (non-hydrogen) atoms. The first-order valence-electron chi connectivity index (χ1n) is 7.56. The molecule has 120 valence electrons. The van der Waals surface area contributed by atoms with Crippen LogP contribution >= 0.6 is 0 Å². The molecule has 1 amide bonds. The predicted octanol–water partition coefficient (Wildman–Crippen LogP) is 1.57. The number of benzene rings is 1. The van der Waals surface area contributed by atoms with Crippen molar-refractivity contribution in [2.24, 2.45) is 0 Å². The number of aromatic nitrogens is 2. The van der Waals surface area contributed by atoms with Crippen LogP contribution in [0.15, 0.2) is 42.9 Å². The molecular formula is C17H19N3O3. The summed E-state index contributed by atoms with van der Waals surface area (Å²) in [6, 6.07) is 7.90. The summed E-state index contributed by atoms with van der Waals surface area (Å²) < 4.78 is 11.0. The number of rotatable bonds is 4. The van der Waals surface area contributed by atoms with Gasteiger partial charge in [-0.1, -0.05) is 12.1 Å². The van der Waals surface area contributed by atoms with Gasteiger partial charge in [-0.25, -0.2) is 4.98 Å².